The van der Waals surface area contributed by atoms with E-state index in [-0.39, 0.29) is 11.8 Å². The van der Waals surface area contributed by atoms with Crippen molar-refractivity contribution in [3.8, 4) is 6.07 Å². The predicted molar refractivity (Wildman–Crippen MR) is 87.5 cm³/mol. The summed E-state index contributed by atoms with van der Waals surface area (Å²) in [6, 6.07) is 8.29. The topological polar surface area (TPSA) is 56.6 Å². The van der Waals surface area contributed by atoms with Crippen LogP contribution >= 0.6 is 0 Å². The molecule has 0 aromatic heterocycles. The molecule has 2 fully saturated rings. The summed E-state index contributed by atoms with van der Waals surface area (Å²) in [6.45, 7) is 3.67. The summed E-state index contributed by atoms with van der Waals surface area (Å²) in [5.41, 5.74) is 2.38. The number of hydrogen-bond acceptors (Lipinski definition) is 3. The Morgan fingerprint density at radius 2 is 1.62 bits per heavy atom. The third-order valence-corrected chi connectivity index (χ3v) is 4.52. The first kappa shape index (κ1) is 16.5. The molecule has 0 N–H and O–H groups in total. The fourth-order valence-electron chi connectivity index (χ4n) is 3.14. The molecule has 0 spiro atoms. The Labute approximate surface area is 140 Å². The number of ether oxygens (including phenoxy) is 1. The molecule has 1 aromatic rings. The number of allylic oxidation sites excluding steroid dienone is 1. The van der Waals surface area contributed by atoms with Crippen LogP contribution in [0.15, 0.2) is 29.8 Å². The highest BCUT2D eigenvalue weighted by Gasteiger charge is 2.26. The van der Waals surface area contributed by atoms with Crippen LogP contribution in [0, 0.1) is 17.1 Å². The maximum Gasteiger partial charge on any atom is 0.320 e. The van der Waals surface area contributed by atoms with Gasteiger partial charge in [0.15, 0.2) is 0 Å². The molecule has 2 aliphatic heterocycles. The molecule has 6 heteroatoms. The number of rotatable bonds is 1. The average molecular weight is 329 g/mol. The number of piperidine rings is 1. The number of amides is 2. The third-order valence-electron chi connectivity index (χ3n) is 4.52. The molecule has 0 radical (unpaired) electrons. The van der Waals surface area contributed by atoms with E-state index >= 15 is 0 Å². The Morgan fingerprint density at radius 3 is 2.21 bits per heavy atom. The molecule has 24 heavy (non-hydrogen) atoms. The lowest BCUT2D eigenvalue weighted by Crippen LogP contribution is -2.49. The van der Waals surface area contributed by atoms with Crippen molar-refractivity contribution in [2.75, 3.05) is 39.4 Å². The standard InChI is InChI=1S/C18H20FN3O2/c19-16-3-1-14(2-4-16)17(13-20)15-5-7-21(8-6-15)18(23)22-9-11-24-12-10-22/h1-4H,5-12H2. The van der Waals surface area contributed by atoms with Crippen molar-refractivity contribution in [2.45, 2.75) is 12.8 Å². The van der Waals surface area contributed by atoms with Gasteiger partial charge in [-0.3, -0.25) is 0 Å². The SMILES string of the molecule is N#CC(=C1CCN(C(=O)N2CCOCC2)CC1)c1ccc(F)cc1. The minimum atomic E-state index is -0.313. The second-order valence-electron chi connectivity index (χ2n) is 5.97. The van der Waals surface area contributed by atoms with E-state index in [0.717, 1.165) is 11.1 Å². The second-order valence-corrected chi connectivity index (χ2v) is 5.97. The zero-order valence-electron chi connectivity index (χ0n) is 13.5. The summed E-state index contributed by atoms with van der Waals surface area (Å²) >= 11 is 0. The molecule has 2 saturated heterocycles. The molecule has 2 heterocycles. The molecule has 126 valence electrons. The monoisotopic (exact) mass is 329 g/mol. The average Bonchev–Trinajstić information content (AvgIpc) is 2.64. The summed E-state index contributed by atoms with van der Waals surface area (Å²) in [4.78, 5) is 16.1. The Balaban J connectivity index is 1.67. The van der Waals surface area contributed by atoms with E-state index in [2.05, 4.69) is 6.07 Å². The first-order valence-electron chi connectivity index (χ1n) is 8.18. The molecule has 0 aliphatic carbocycles. The predicted octanol–water partition coefficient (Wildman–Crippen LogP) is 2.65. The first-order chi connectivity index (χ1) is 11.7. The zero-order chi connectivity index (χ0) is 16.9. The highest BCUT2D eigenvalue weighted by atomic mass is 19.1. The molecule has 2 amide bonds. The second kappa shape index (κ2) is 7.45. The van der Waals surface area contributed by atoms with Crippen LogP contribution in [-0.4, -0.2) is 55.2 Å². The minimum absolute atomic E-state index is 0.0534. The fourth-order valence-corrected chi connectivity index (χ4v) is 3.14. The van der Waals surface area contributed by atoms with Crippen molar-refractivity contribution in [3.05, 3.63) is 41.2 Å². The number of benzene rings is 1. The molecule has 1 aromatic carbocycles. The van der Waals surface area contributed by atoms with Crippen LogP contribution in [0.3, 0.4) is 0 Å². The highest BCUT2D eigenvalue weighted by molar-refractivity contribution is 5.80. The summed E-state index contributed by atoms with van der Waals surface area (Å²) in [7, 11) is 0. The number of urea groups is 1. The van der Waals surface area contributed by atoms with Gasteiger partial charge in [-0.25, -0.2) is 9.18 Å². The van der Waals surface area contributed by atoms with E-state index in [1.807, 2.05) is 9.80 Å². The van der Waals surface area contributed by atoms with Crippen LogP contribution in [0.2, 0.25) is 0 Å². The molecule has 2 aliphatic rings. The van der Waals surface area contributed by atoms with Gasteiger partial charge in [0.2, 0.25) is 0 Å². The number of morpholine rings is 1. The maximum atomic E-state index is 13.1. The summed E-state index contributed by atoms with van der Waals surface area (Å²) in [5, 5.41) is 9.48. The zero-order valence-corrected chi connectivity index (χ0v) is 13.5. The quantitative estimate of drug-likeness (QED) is 0.744. The molecule has 0 unspecified atom stereocenters. The van der Waals surface area contributed by atoms with Gasteiger partial charge in [-0.15, -0.1) is 0 Å². The molecule has 3 rings (SSSR count). The molecular formula is C18H20FN3O2. The van der Waals surface area contributed by atoms with Gasteiger partial charge in [0.25, 0.3) is 0 Å². The van der Waals surface area contributed by atoms with E-state index in [9.17, 15) is 14.4 Å². The number of hydrogen-bond donors (Lipinski definition) is 0. The molecule has 0 saturated carbocycles. The summed E-state index contributed by atoms with van der Waals surface area (Å²) in [6.07, 6.45) is 1.35. The number of nitriles is 1. The van der Waals surface area contributed by atoms with Crippen molar-refractivity contribution < 1.29 is 13.9 Å². The summed E-state index contributed by atoms with van der Waals surface area (Å²) < 4.78 is 18.3. The van der Waals surface area contributed by atoms with Gasteiger partial charge in [0, 0.05) is 26.2 Å². The third kappa shape index (κ3) is 3.57. The van der Waals surface area contributed by atoms with Gasteiger partial charge in [-0.1, -0.05) is 12.1 Å². The van der Waals surface area contributed by atoms with Crippen LogP contribution in [0.4, 0.5) is 9.18 Å². The Morgan fingerprint density at radius 1 is 1.04 bits per heavy atom. The number of likely N-dealkylation sites (tertiary alicyclic amines) is 1. The van der Waals surface area contributed by atoms with E-state index in [1.54, 1.807) is 12.1 Å². The van der Waals surface area contributed by atoms with Gasteiger partial charge in [-0.05, 0) is 36.1 Å². The minimum Gasteiger partial charge on any atom is -0.378 e. The Hall–Kier alpha value is -2.39. The van der Waals surface area contributed by atoms with Gasteiger partial charge in [0.05, 0.1) is 24.9 Å². The van der Waals surface area contributed by atoms with Crippen LogP contribution < -0.4 is 0 Å². The van der Waals surface area contributed by atoms with Crippen molar-refractivity contribution in [3.63, 3.8) is 0 Å². The van der Waals surface area contributed by atoms with Crippen molar-refractivity contribution in [1.82, 2.24) is 9.80 Å². The van der Waals surface area contributed by atoms with Gasteiger partial charge >= 0.3 is 6.03 Å². The van der Waals surface area contributed by atoms with Crippen LogP contribution in [0.25, 0.3) is 5.57 Å². The molecule has 5 nitrogen and oxygen atoms in total. The van der Waals surface area contributed by atoms with Gasteiger partial charge in [0.1, 0.15) is 5.82 Å². The Bertz CT molecular complexity index is 662. The molecule has 0 atom stereocenters. The number of nitrogens with zero attached hydrogens (tertiary/aromatic N) is 3. The van der Waals surface area contributed by atoms with Gasteiger partial charge < -0.3 is 14.5 Å². The van der Waals surface area contributed by atoms with Crippen molar-refractivity contribution in [1.29, 1.82) is 5.26 Å². The van der Waals surface area contributed by atoms with Gasteiger partial charge in [-0.2, -0.15) is 5.26 Å². The van der Waals surface area contributed by atoms with E-state index in [1.165, 1.54) is 12.1 Å². The van der Waals surface area contributed by atoms with E-state index < -0.39 is 0 Å². The lowest BCUT2D eigenvalue weighted by Gasteiger charge is -2.35. The van der Waals surface area contributed by atoms with Crippen LogP contribution in [0.5, 0.6) is 0 Å². The van der Waals surface area contributed by atoms with E-state index in [4.69, 9.17) is 4.74 Å². The Kier molecular flexibility index (Phi) is 5.11. The lowest BCUT2D eigenvalue weighted by atomic mass is 9.94. The number of carbonyl (C=O) groups excluding carboxylic acids is 1. The lowest BCUT2D eigenvalue weighted by molar-refractivity contribution is 0.0427. The fraction of sp³-hybridized carbons (Fsp3) is 0.444. The van der Waals surface area contributed by atoms with E-state index in [0.29, 0.717) is 57.8 Å². The highest BCUT2D eigenvalue weighted by Crippen LogP contribution is 2.27. The van der Waals surface area contributed by atoms with Crippen molar-refractivity contribution in [2.24, 2.45) is 0 Å². The number of halogens is 1. The van der Waals surface area contributed by atoms with Crippen LogP contribution in [0.1, 0.15) is 18.4 Å². The molecular weight excluding hydrogens is 309 g/mol. The largest absolute Gasteiger partial charge is 0.378 e. The first-order valence-corrected chi connectivity index (χ1v) is 8.18. The smallest absolute Gasteiger partial charge is 0.320 e. The molecule has 0 bridgehead atoms. The van der Waals surface area contributed by atoms with Crippen molar-refractivity contribution >= 4 is 11.6 Å². The summed E-state index contributed by atoms with van der Waals surface area (Å²) in [5.74, 6) is -0.313. The maximum absolute atomic E-state index is 13.1. The number of carbonyl (C=O) groups is 1. The normalized spacial score (nSPS) is 18.2. The van der Waals surface area contributed by atoms with Crippen LogP contribution in [-0.2, 0) is 4.74 Å².